The van der Waals surface area contributed by atoms with Crippen LogP contribution in [0.3, 0.4) is 0 Å². The number of esters is 2. The minimum absolute atomic E-state index is 0. The summed E-state index contributed by atoms with van der Waals surface area (Å²) in [6.07, 6.45) is 28.4. The molecule has 4 aliphatic carbocycles. The molecule has 0 heterocycles. The maximum atomic E-state index is 12.3. The van der Waals surface area contributed by atoms with Gasteiger partial charge in [-0.3, -0.25) is 19.2 Å². The maximum Gasteiger partial charge on any atom is 2.00 e. The van der Waals surface area contributed by atoms with E-state index >= 15 is 0 Å². The van der Waals surface area contributed by atoms with Crippen molar-refractivity contribution in [3.8, 4) is 0 Å². The molecule has 40 heavy (non-hydrogen) atoms. The van der Waals surface area contributed by atoms with E-state index in [0.29, 0.717) is 34.8 Å². The zero-order valence-corrected chi connectivity index (χ0v) is 23.9. The summed E-state index contributed by atoms with van der Waals surface area (Å²) >= 11 is 0. The minimum Gasteiger partial charge on any atom is -0.469 e. The molecule has 20 radical (unpaired) electrons. The molecule has 1 aromatic carbocycles. The Balaban J connectivity index is 0.000000336. The molecule has 0 N–H and O–H groups in total. The van der Waals surface area contributed by atoms with Crippen LogP contribution in [0.25, 0.3) is 0 Å². The van der Waals surface area contributed by atoms with Gasteiger partial charge >= 0.3 is 46.1 Å². The number of benzene rings is 1. The van der Waals surface area contributed by atoms with Gasteiger partial charge in [-0.05, 0) is 109 Å². The van der Waals surface area contributed by atoms with Crippen molar-refractivity contribution in [2.45, 2.75) is 0 Å². The summed E-state index contributed by atoms with van der Waals surface area (Å²) in [5.41, 5.74) is 1.07. The van der Waals surface area contributed by atoms with Crippen LogP contribution in [0.4, 0.5) is 0 Å². The SMILES string of the molecule is COC(=O)[C]1[CH][CH][CH][CH]1.COC(=O)[C]1[CH][CH][CH][CH]1.O=C([C]1[CH][CH][CH][CH]1)c1cccc(C(=O)[C]2[CH][CH][CH][CH]2)c1.[Fe+2].[Fe+2]. The van der Waals surface area contributed by atoms with E-state index in [1.54, 1.807) is 101 Å². The normalized spacial score (nSPS) is 19.2. The van der Waals surface area contributed by atoms with Gasteiger partial charge in [-0.15, -0.1) is 0 Å². The second kappa shape index (κ2) is 19.6. The summed E-state index contributed by atoms with van der Waals surface area (Å²) in [7, 11) is 2.74. The Kier molecular flexibility index (Phi) is 17.9. The zero-order chi connectivity index (χ0) is 27.3. The molecule has 202 valence electrons. The van der Waals surface area contributed by atoms with Crippen molar-refractivity contribution in [1.29, 1.82) is 0 Å². The fourth-order valence-corrected chi connectivity index (χ4v) is 3.44. The van der Waals surface area contributed by atoms with Crippen molar-refractivity contribution < 1.29 is 62.8 Å². The first-order valence-corrected chi connectivity index (χ1v) is 11.7. The van der Waals surface area contributed by atoms with Crippen LogP contribution in [0.2, 0.25) is 0 Å². The molecule has 4 fully saturated rings. The maximum absolute atomic E-state index is 12.3. The van der Waals surface area contributed by atoms with Gasteiger partial charge in [0.1, 0.15) is 0 Å². The summed E-state index contributed by atoms with van der Waals surface area (Å²) in [4.78, 5) is 45.8. The van der Waals surface area contributed by atoms with E-state index in [4.69, 9.17) is 0 Å². The molecule has 0 spiro atoms. The van der Waals surface area contributed by atoms with Crippen molar-refractivity contribution in [2.24, 2.45) is 0 Å². The van der Waals surface area contributed by atoms with Crippen molar-refractivity contribution in [3.05, 3.63) is 162 Å². The van der Waals surface area contributed by atoms with Gasteiger partial charge in [-0.1, -0.05) is 18.2 Å². The third kappa shape index (κ3) is 11.1. The second-order valence-electron chi connectivity index (χ2n) is 7.92. The van der Waals surface area contributed by atoms with Crippen LogP contribution >= 0.6 is 0 Å². The number of ketones is 2. The van der Waals surface area contributed by atoms with Gasteiger partial charge in [0.25, 0.3) is 0 Å². The quantitative estimate of drug-likeness (QED) is 0.273. The number of hydrogen-bond donors (Lipinski definition) is 0. The van der Waals surface area contributed by atoms with Crippen LogP contribution in [-0.4, -0.2) is 37.7 Å². The molecule has 0 saturated heterocycles. The first-order chi connectivity index (χ1) is 18.4. The molecule has 6 nitrogen and oxygen atoms in total. The smallest absolute Gasteiger partial charge is 0.469 e. The van der Waals surface area contributed by atoms with Crippen LogP contribution in [-0.2, 0) is 53.2 Å². The van der Waals surface area contributed by atoms with E-state index in [1.165, 1.54) is 14.2 Å². The van der Waals surface area contributed by atoms with E-state index in [-0.39, 0.29) is 57.6 Å². The molecule has 5 rings (SSSR count). The number of hydrogen-bond acceptors (Lipinski definition) is 6. The minimum atomic E-state index is -0.278. The number of Topliss-reactive ketones (excluding diaryl/α,β-unsaturated/α-hetero) is 2. The largest absolute Gasteiger partial charge is 2.00 e. The summed E-state index contributed by atoms with van der Waals surface area (Å²) in [6, 6.07) is 6.87. The molecule has 8 heteroatoms. The van der Waals surface area contributed by atoms with Crippen molar-refractivity contribution in [3.63, 3.8) is 0 Å². The Bertz CT molecular complexity index is 854. The molecule has 0 aromatic heterocycles. The van der Waals surface area contributed by atoms with Gasteiger partial charge in [0.05, 0.1) is 37.9 Å². The fourth-order valence-electron chi connectivity index (χ4n) is 3.44. The van der Waals surface area contributed by atoms with E-state index < -0.39 is 0 Å². The van der Waals surface area contributed by atoms with Gasteiger partial charge in [-0.25, -0.2) is 0 Å². The van der Waals surface area contributed by atoms with Crippen LogP contribution in [0.15, 0.2) is 24.3 Å². The van der Waals surface area contributed by atoms with Gasteiger partial charge in [0.2, 0.25) is 0 Å². The Morgan fingerprint density at radius 3 is 1.02 bits per heavy atom. The van der Waals surface area contributed by atoms with Crippen molar-refractivity contribution >= 4 is 23.5 Å². The third-order valence-electron chi connectivity index (χ3n) is 5.40. The standard InChI is InChI=1S/C18H12O2.2C7H7O2.2Fe/c19-17(13-6-1-2-7-13)15-10-5-11-16(12-15)18(20)14-8-3-4-9-14;2*1-9-7(8)6-4-2-3-5-6;;/h1-12H;2*2-5H,1H3;;/q;;;2*+2. The molecule has 0 amide bonds. The van der Waals surface area contributed by atoms with Gasteiger partial charge in [-0.2, -0.15) is 0 Å². The molecular formula is C32H26Fe2O6+4. The Morgan fingerprint density at radius 2 is 0.750 bits per heavy atom. The predicted molar refractivity (Wildman–Crippen MR) is 141 cm³/mol. The summed E-state index contributed by atoms with van der Waals surface area (Å²) in [5, 5.41) is 0. The first-order valence-electron chi connectivity index (χ1n) is 11.7. The monoisotopic (exact) mass is 618 g/mol. The fraction of sp³-hybridized carbons (Fsp3) is 0.0625. The zero-order valence-electron chi connectivity index (χ0n) is 21.7. The molecular weight excluding hydrogens is 592 g/mol. The van der Waals surface area contributed by atoms with E-state index in [0.717, 1.165) is 0 Å². The number of rotatable bonds is 6. The van der Waals surface area contributed by atoms with Gasteiger partial charge in [0, 0.05) is 11.1 Å². The Morgan fingerprint density at radius 1 is 0.475 bits per heavy atom. The molecule has 0 unspecified atom stereocenters. The van der Waals surface area contributed by atoms with Crippen LogP contribution in [0, 0.1) is 126 Å². The molecule has 4 aliphatic rings. The van der Waals surface area contributed by atoms with Crippen molar-refractivity contribution in [2.75, 3.05) is 14.2 Å². The van der Waals surface area contributed by atoms with Crippen LogP contribution in [0.5, 0.6) is 0 Å². The number of ether oxygens (including phenoxy) is 2. The number of carbonyl (C=O) groups excluding carboxylic acids is 4. The Hall–Kier alpha value is -1.46. The van der Waals surface area contributed by atoms with Crippen LogP contribution < -0.4 is 0 Å². The topological polar surface area (TPSA) is 86.7 Å². The molecule has 4 saturated carbocycles. The summed E-state index contributed by atoms with van der Waals surface area (Å²) in [5.74, 6) is 1.82. The first kappa shape index (κ1) is 36.6. The molecule has 1 aromatic rings. The molecule has 0 aliphatic heterocycles. The summed E-state index contributed by atoms with van der Waals surface area (Å²) in [6.45, 7) is 0. The summed E-state index contributed by atoms with van der Waals surface area (Å²) < 4.78 is 8.91. The molecule has 0 bridgehead atoms. The van der Waals surface area contributed by atoms with E-state index in [1.807, 2.05) is 25.7 Å². The third-order valence-corrected chi connectivity index (χ3v) is 5.40. The van der Waals surface area contributed by atoms with Gasteiger partial charge < -0.3 is 9.47 Å². The van der Waals surface area contributed by atoms with E-state index in [2.05, 4.69) is 9.47 Å². The van der Waals surface area contributed by atoms with Crippen LogP contribution in [0.1, 0.15) is 20.7 Å². The predicted octanol–water partition coefficient (Wildman–Crippen LogP) is 3.99. The van der Waals surface area contributed by atoms with E-state index in [9.17, 15) is 19.2 Å². The number of carbonyl (C=O) groups is 4. The average molecular weight is 618 g/mol. The average Bonchev–Trinajstić information content (AvgIpc) is 3.79. The Labute approximate surface area is 261 Å². The van der Waals surface area contributed by atoms with Crippen molar-refractivity contribution in [1.82, 2.24) is 0 Å². The van der Waals surface area contributed by atoms with Gasteiger partial charge in [0.15, 0.2) is 11.6 Å². The second-order valence-corrected chi connectivity index (χ2v) is 7.92. The number of methoxy groups -OCH3 is 2. The molecule has 0 atom stereocenters.